The molecule has 0 saturated carbocycles. The molecule has 0 aromatic heterocycles. The number of rotatable bonds is 3. The molecule has 5 nitrogen and oxygen atoms in total. The van der Waals surface area contributed by atoms with Crippen molar-refractivity contribution in [3.63, 3.8) is 0 Å². The first-order chi connectivity index (χ1) is 13.5. The van der Waals surface area contributed by atoms with Crippen LogP contribution in [-0.2, 0) is 9.59 Å². The van der Waals surface area contributed by atoms with Crippen LogP contribution in [0.3, 0.4) is 0 Å². The summed E-state index contributed by atoms with van der Waals surface area (Å²) in [6.07, 6.45) is 1.10. The fourth-order valence-electron chi connectivity index (χ4n) is 4.18. The Labute approximate surface area is 168 Å². The third-order valence-electron chi connectivity index (χ3n) is 5.49. The number of carbonyl (C=O) groups excluding carboxylic acids is 2. The van der Waals surface area contributed by atoms with Crippen molar-refractivity contribution in [3.05, 3.63) is 69.9 Å². The minimum Gasteiger partial charge on any atom is -0.504 e. The molecular formula is C22H20ClNO4. The smallest absolute Gasteiger partial charge is 0.225 e. The number of amides is 1. The Balaban J connectivity index is 1.74. The molecule has 1 aliphatic carbocycles. The van der Waals surface area contributed by atoms with Gasteiger partial charge in [-0.15, -0.1) is 0 Å². The summed E-state index contributed by atoms with van der Waals surface area (Å²) in [5.41, 5.74) is 3.03. The number of hydrogen-bond donors (Lipinski definition) is 2. The van der Waals surface area contributed by atoms with Gasteiger partial charge in [-0.3, -0.25) is 9.59 Å². The number of Topliss-reactive ketones (excluding diaryl/α,β-unsaturated/α-hetero) is 1. The topological polar surface area (TPSA) is 75.6 Å². The van der Waals surface area contributed by atoms with E-state index in [-0.39, 0.29) is 35.7 Å². The number of nitrogens with one attached hydrogen (secondary N) is 1. The van der Waals surface area contributed by atoms with Crippen molar-refractivity contribution in [2.24, 2.45) is 0 Å². The van der Waals surface area contributed by atoms with Crippen molar-refractivity contribution >= 4 is 23.3 Å². The number of methoxy groups -OCH3 is 1. The van der Waals surface area contributed by atoms with Gasteiger partial charge in [-0.25, -0.2) is 0 Å². The highest BCUT2D eigenvalue weighted by molar-refractivity contribution is 6.31. The number of carbonyl (C=O) groups is 2. The van der Waals surface area contributed by atoms with Crippen LogP contribution in [0, 0.1) is 0 Å². The molecule has 28 heavy (non-hydrogen) atoms. The minimum absolute atomic E-state index is 0.0169. The first-order valence-corrected chi connectivity index (χ1v) is 9.53. The third kappa shape index (κ3) is 3.27. The van der Waals surface area contributed by atoms with Crippen LogP contribution in [0.1, 0.15) is 42.2 Å². The summed E-state index contributed by atoms with van der Waals surface area (Å²) >= 11 is 6.33. The van der Waals surface area contributed by atoms with Gasteiger partial charge < -0.3 is 15.2 Å². The van der Waals surface area contributed by atoms with Crippen molar-refractivity contribution in [2.75, 3.05) is 7.11 Å². The first kappa shape index (κ1) is 18.6. The molecule has 2 aromatic carbocycles. The predicted molar refractivity (Wildman–Crippen MR) is 106 cm³/mol. The zero-order valence-electron chi connectivity index (χ0n) is 15.4. The average molecular weight is 398 g/mol. The number of allylic oxidation sites excluding steroid dienone is 2. The first-order valence-electron chi connectivity index (χ1n) is 9.15. The number of aromatic hydroxyl groups is 1. The third-order valence-corrected chi connectivity index (χ3v) is 5.83. The van der Waals surface area contributed by atoms with E-state index in [4.69, 9.17) is 16.3 Å². The van der Waals surface area contributed by atoms with E-state index in [0.717, 1.165) is 11.1 Å². The predicted octanol–water partition coefficient (Wildman–Crippen LogP) is 4.06. The Bertz CT molecular complexity index is 998. The highest BCUT2D eigenvalue weighted by atomic mass is 35.5. The number of halogens is 1. The molecule has 1 amide bonds. The number of phenolic OH excluding ortho intramolecular Hbond substituents is 1. The van der Waals surface area contributed by atoms with Gasteiger partial charge >= 0.3 is 0 Å². The maximum Gasteiger partial charge on any atom is 0.225 e. The van der Waals surface area contributed by atoms with Gasteiger partial charge in [-0.2, -0.15) is 0 Å². The zero-order valence-corrected chi connectivity index (χ0v) is 16.1. The van der Waals surface area contributed by atoms with Crippen LogP contribution in [0.15, 0.2) is 53.7 Å². The molecule has 6 heteroatoms. The normalized spacial score (nSPS) is 21.9. The summed E-state index contributed by atoms with van der Waals surface area (Å²) in [7, 11) is 1.47. The Morgan fingerprint density at radius 2 is 1.89 bits per heavy atom. The quantitative estimate of drug-likeness (QED) is 0.819. The van der Waals surface area contributed by atoms with Crippen molar-refractivity contribution in [1.82, 2.24) is 5.32 Å². The fourth-order valence-corrected chi connectivity index (χ4v) is 4.47. The van der Waals surface area contributed by atoms with Crippen LogP contribution in [0.2, 0.25) is 5.02 Å². The van der Waals surface area contributed by atoms with Crippen LogP contribution >= 0.6 is 11.6 Å². The van der Waals surface area contributed by atoms with Crippen LogP contribution < -0.4 is 10.1 Å². The van der Waals surface area contributed by atoms with Crippen molar-refractivity contribution in [2.45, 2.75) is 31.1 Å². The molecule has 4 rings (SSSR count). The molecule has 2 N–H and O–H groups in total. The summed E-state index contributed by atoms with van der Waals surface area (Å²) in [5.74, 6) is -0.171. The van der Waals surface area contributed by atoms with Gasteiger partial charge in [0, 0.05) is 35.1 Å². The summed E-state index contributed by atoms with van der Waals surface area (Å²) in [6.45, 7) is 0. The van der Waals surface area contributed by atoms with Gasteiger partial charge in [0.1, 0.15) is 0 Å². The molecule has 0 radical (unpaired) electrons. The highest BCUT2D eigenvalue weighted by Gasteiger charge is 2.38. The van der Waals surface area contributed by atoms with E-state index in [0.29, 0.717) is 34.9 Å². The highest BCUT2D eigenvalue weighted by Crippen LogP contribution is 2.44. The van der Waals surface area contributed by atoms with Gasteiger partial charge in [0.15, 0.2) is 17.3 Å². The van der Waals surface area contributed by atoms with Gasteiger partial charge in [-0.05, 0) is 41.7 Å². The van der Waals surface area contributed by atoms with Gasteiger partial charge in [0.25, 0.3) is 0 Å². The van der Waals surface area contributed by atoms with Crippen LogP contribution in [-0.4, -0.2) is 23.9 Å². The summed E-state index contributed by atoms with van der Waals surface area (Å²) in [6, 6.07) is 12.5. The largest absolute Gasteiger partial charge is 0.504 e. The maximum atomic E-state index is 13.1. The Hall–Kier alpha value is -2.79. The standard InChI is InChI=1S/C22H20ClNO4/c1-28-20-10-12(6-7-18(20)25)15-11-21(27)24-17-8-13(9-19(26)22(15)17)14-4-2-3-5-16(14)23/h2-7,10,13,15,25H,8-9,11H2,1H3,(H,24,27)/t13-,15+/m1/s1. The number of ether oxygens (including phenoxy) is 1. The lowest BCUT2D eigenvalue weighted by atomic mass is 9.73. The number of ketones is 1. The summed E-state index contributed by atoms with van der Waals surface area (Å²) < 4.78 is 5.19. The molecule has 2 aromatic rings. The van der Waals surface area contributed by atoms with Gasteiger partial charge in [0.2, 0.25) is 5.91 Å². The second-order valence-corrected chi connectivity index (χ2v) is 7.59. The molecule has 2 aliphatic rings. The van der Waals surface area contributed by atoms with E-state index in [1.54, 1.807) is 12.1 Å². The molecule has 0 unspecified atom stereocenters. The van der Waals surface area contributed by atoms with E-state index in [1.807, 2.05) is 24.3 Å². The van der Waals surface area contributed by atoms with Crippen LogP contribution in [0.4, 0.5) is 0 Å². The maximum absolute atomic E-state index is 13.1. The molecule has 0 saturated heterocycles. The van der Waals surface area contributed by atoms with Crippen LogP contribution in [0.5, 0.6) is 11.5 Å². The molecule has 2 atom stereocenters. The second kappa shape index (κ2) is 7.32. The van der Waals surface area contributed by atoms with E-state index in [2.05, 4.69) is 5.32 Å². The lowest BCUT2D eigenvalue weighted by molar-refractivity contribution is -0.122. The lowest BCUT2D eigenvalue weighted by Crippen LogP contribution is -2.38. The van der Waals surface area contributed by atoms with Crippen molar-refractivity contribution in [1.29, 1.82) is 0 Å². The van der Waals surface area contributed by atoms with E-state index in [1.165, 1.54) is 13.2 Å². The average Bonchev–Trinajstić information content (AvgIpc) is 2.67. The Morgan fingerprint density at radius 1 is 1.11 bits per heavy atom. The Morgan fingerprint density at radius 3 is 2.64 bits per heavy atom. The number of phenols is 1. The minimum atomic E-state index is -0.349. The summed E-state index contributed by atoms with van der Waals surface area (Å²) in [5, 5.41) is 13.4. The second-order valence-electron chi connectivity index (χ2n) is 7.18. The van der Waals surface area contributed by atoms with Crippen molar-refractivity contribution < 1.29 is 19.4 Å². The summed E-state index contributed by atoms with van der Waals surface area (Å²) in [4.78, 5) is 25.5. The monoisotopic (exact) mass is 397 g/mol. The van der Waals surface area contributed by atoms with E-state index >= 15 is 0 Å². The van der Waals surface area contributed by atoms with Crippen LogP contribution in [0.25, 0.3) is 0 Å². The molecule has 1 heterocycles. The van der Waals surface area contributed by atoms with E-state index < -0.39 is 0 Å². The molecular weight excluding hydrogens is 378 g/mol. The van der Waals surface area contributed by atoms with Crippen molar-refractivity contribution in [3.8, 4) is 11.5 Å². The lowest BCUT2D eigenvalue weighted by Gasteiger charge is -2.34. The van der Waals surface area contributed by atoms with E-state index in [9.17, 15) is 14.7 Å². The van der Waals surface area contributed by atoms with Gasteiger partial charge in [-0.1, -0.05) is 35.9 Å². The fraction of sp³-hybridized carbons (Fsp3) is 0.273. The SMILES string of the molecule is COc1cc([C@@H]2CC(=O)NC3=C2C(=O)C[C@H](c2ccccc2Cl)C3)ccc1O. The molecule has 1 aliphatic heterocycles. The Kier molecular flexibility index (Phi) is 4.85. The molecule has 0 bridgehead atoms. The van der Waals surface area contributed by atoms with Gasteiger partial charge in [0.05, 0.1) is 7.11 Å². The zero-order chi connectivity index (χ0) is 19.8. The number of benzene rings is 2. The molecule has 0 fully saturated rings. The molecule has 0 spiro atoms. The molecule has 144 valence electrons. The number of hydrogen-bond acceptors (Lipinski definition) is 4.